The van der Waals surface area contributed by atoms with Crippen LogP contribution in [0.2, 0.25) is 0 Å². The molecule has 8 nitrogen and oxygen atoms in total. The summed E-state index contributed by atoms with van der Waals surface area (Å²) in [7, 11) is 3.69. The Bertz CT molecular complexity index is 1130. The average Bonchev–Trinajstić information content (AvgIpc) is 3.31. The van der Waals surface area contributed by atoms with Crippen molar-refractivity contribution in [3.63, 3.8) is 0 Å². The molecule has 1 saturated heterocycles. The van der Waals surface area contributed by atoms with E-state index in [1.54, 1.807) is 19.2 Å². The van der Waals surface area contributed by atoms with Crippen LogP contribution in [-0.2, 0) is 22.6 Å². The number of carbonyl (C=O) groups is 2. The maximum absolute atomic E-state index is 13.0. The Balaban J connectivity index is 1.44. The van der Waals surface area contributed by atoms with Crippen molar-refractivity contribution in [2.75, 3.05) is 52.2 Å². The highest BCUT2D eigenvalue weighted by Crippen LogP contribution is 2.25. The first-order chi connectivity index (χ1) is 16.5. The van der Waals surface area contributed by atoms with Gasteiger partial charge in [-0.05, 0) is 13.1 Å². The quantitative estimate of drug-likeness (QED) is 0.472. The molecule has 9 heteroatoms. The molecule has 1 aromatic heterocycles. The van der Waals surface area contributed by atoms with Gasteiger partial charge in [0.2, 0.25) is 5.91 Å². The second-order valence-corrected chi connectivity index (χ2v) is 9.46. The van der Waals surface area contributed by atoms with Crippen LogP contribution in [0.15, 0.2) is 48.5 Å². The zero-order chi connectivity index (χ0) is 23.9. The fraction of sp³-hybridized carbons (Fsp3) is 0.360. The minimum Gasteiger partial charge on any atom is -0.380 e. The number of ketones is 1. The molecule has 1 aliphatic heterocycles. The largest absolute Gasteiger partial charge is 0.380 e. The monoisotopic (exact) mass is 479 g/mol. The summed E-state index contributed by atoms with van der Waals surface area (Å²) < 4.78 is 5.28. The Labute approximate surface area is 203 Å². The molecule has 178 valence electrons. The molecule has 1 fully saturated rings. The minimum absolute atomic E-state index is 0.0747. The van der Waals surface area contributed by atoms with Gasteiger partial charge in [0.25, 0.3) is 0 Å². The number of hydrogen-bond acceptors (Lipinski definition) is 8. The van der Waals surface area contributed by atoms with Crippen molar-refractivity contribution in [1.29, 1.82) is 0 Å². The maximum Gasteiger partial charge on any atom is 0.238 e. The molecule has 0 atom stereocenters. The Morgan fingerprint density at radius 2 is 1.82 bits per heavy atom. The molecule has 0 saturated carbocycles. The van der Waals surface area contributed by atoms with Crippen molar-refractivity contribution in [3.8, 4) is 10.6 Å². The second kappa shape index (κ2) is 11.4. The molecule has 34 heavy (non-hydrogen) atoms. The van der Waals surface area contributed by atoms with E-state index in [2.05, 4.69) is 32.4 Å². The number of benzene rings is 2. The molecule has 0 spiro atoms. The van der Waals surface area contributed by atoms with E-state index in [4.69, 9.17) is 4.74 Å². The van der Waals surface area contributed by atoms with Crippen LogP contribution in [0.5, 0.6) is 0 Å². The SMILES string of the molecule is COCc1ccc(C(=O)Cc2nnc(-c3ccccc3)s2)cc1NC(=O)CN1CCN(C)CC1. The number of likely N-dealkylation sites (N-methyl/N-ethyl adjacent to an activating group) is 1. The van der Waals surface area contributed by atoms with Crippen molar-refractivity contribution >= 4 is 28.7 Å². The smallest absolute Gasteiger partial charge is 0.238 e. The summed E-state index contributed by atoms with van der Waals surface area (Å²) in [5.41, 5.74) is 2.93. The van der Waals surface area contributed by atoms with Crippen molar-refractivity contribution in [2.24, 2.45) is 0 Å². The summed E-state index contributed by atoms with van der Waals surface area (Å²) in [5, 5.41) is 12.9. The van der Waals surface area contributed by atoms with Crippen LogP contribution in [0.3, 0.4) is 0 Å². The van der Waals surface area contributed by atoms with E-state index in [0.717, 1.165) is 42.3 Å². The Hall–Kier alpha value is -2.98. The van der Waals surface area contributed by atoms with Gasteiger partial charge in [-0.1, -0.05) is 53.8 Å². The number of nitrogens with zero attached hydrogens (tertiary/aromatic N) is 4. The number of amides is 1. The number of rotatable bonds is 9. The van der Waals surface area contributed by atoms with Gasteiger partial charge < -0.3 is 15.0 Å². The van der Waals surface area contributed by atoms with Gasteiger partial charge in [0.15, 0.2) is 5.78 Å². The number of methoxy groups -OCH3 is 1. The number of nitrogens with one attached hydrogen (secondary N) is 1. The molecule has 1 amide bonds. The van der Waals surface area contributed by atoms with Gasteiger partial charge in [-0.2, -0.15) is 0 Å². The van der Waals surface area contributed by atoms with E-state index in [1.165, 1.54) is 11.3 Å². The Morgan fingerprint density at radius 3 is 2.56 bits per heavy atom. The van der Waals surface area contributed by atoms with Crippen LogP contribution in [0, 0.1) is 0 Å². The summed E-state index contributed by atoms with van der Waals surface area (Å²) in [6.45, 7) is 4.29. The lowest BCUT2D eigenvalue weighted by Gasteiger charge is -2.31. The van der Waals surface area contributed by atoms with E-state index in [9.17, 15) is 9.59 Å². The van der Waals surface area contributed by atoms with E-state index < -0.39 is 0 Å². The fourth-order valence-electron chi connectivity index (χ4n) is 3.81. The van der Waals surface area contributed by atoms with Gasteiger partial charge in [-0.15, -0.1) is 10.2 Å². The maximum atomic E-state index is 13.0. The molecule has 3 aromatic rings. The molecular formula is C25H29N5O3S. The zero-order valence-corrected chi connectivity index (χ0v) is 20.3. The summed E-state index contributed by atoms with van der Waals surface area (Å²) in [6, 6.07) is 15.1. The number of piperazine rings is 1. The highest BCUT2D eigenvalue weighted by Gasteiger charge is 2.19. The highest BCUT2D eigenvalue weighted by atomic mass is 32.1. The number of hydrogen-bond donors (Lipinski definition) is 1. The summed E-state index contributed by atoms with van der Waals surface area (Å²) in [5.74, 6) is -0.169. The molecule has 0 radical (unpaired) electrons. The first-order valence-electron chi connectivity index (χ1n) is 11.3. The summed E-state index contributed by atoms with van der Waals surface area (Å²) in [6.07, 6.45) is 0.156. The first kappa shape index (κ1) is 24.2. The zero-order valence-electron chi connectivity index (χ0n) is 19.5. The van der Waals surface area contributed by atoms with Crippen LogP contribution < -0.4 is 5.32 Å². The first-order valence-corrected chi connectivity index (χ1v) is 12.1. The van der Waals surface area contributed by atoms with Gasteiger partial charge in [-0.25, -0.2) is 0 Å². The van der Waals surface area contributed by atoms with E-state index in [-0.39, 0.29) is 18.1 Å². The molecule has 1 N–H and O–H groups in total. The number of anilines is 1. The topological polar surface area (TPSA) is 87.7 Å². The molecule has 2 aromatic carbocycles. The molecular weight excluding hydrogens is 450 g/mol. The molecule has 0 unspecified atom stereocenters. The third kappa shape index (κ3) is 6.32. The molecule has 1 aliphatic rings. The van der Waals surface area contributed by atoms with Crippen LogP contribution in [0.1, 0.15) is 20.9 Å². The number of aromatic nitrogens is 2. The van der Waals surface area contributed by atoms with E-state index in [0.29, 0.717) is 29.4 Å². The third-order valence-corrected chi connectivity index (χ3v) is 6.74. The second-order valence-electron chi connectivity index (χ2n) is 8.40. The number of Topliss-reactive ketones (excluding diaryl/α,β-unsaturated/α-hetero) is 1. The lowest BCUT2D eigenvalue weighted by atomic mass is 10.0. The minimum atomic E-state index is -0.0943. The van der Waals surface area contributed by atoms with Crippen molar-refractivity contribution in [1.82, 2.24) is 20.0 Å². The Kier molecular flexibility index (Phi) is 8.12. The van der Waals surface area contributed by atoms with Crippen LogP contribution >= 0.6 is 11.3 Å². The van der Waals surface area contributed by atoms with Gasteiger partial charge >= 0.3 is 0 Å². The van der Waals surface area contributed by atoms with E-state index in [1.807, 2.05) is 36.4 Å². The summed E-state index contributed by atoms with van der Waals surface area (Å²) >= 11 is 1.41. The van der Waals surface area contributed by atoms with Crippen LogP contribution in [0.4, 0.5) is 5.69 Å². The molecule has 2 heterocycles. The normalized spacial score (nSPS) is 14.8. The predicted octanol–water partition coefficient (Wildman–Crippen LogP) is 2.96. The number of ether oxygens (including phenoxy) is 1. The Morgan fingerprint density at radius 1 is 1.06 bits per heavy atom. The highest BCUT2D eigenvalue weighted by molar-refractivity contribution is 7.14. The molecule has 0 aliphatic carbocycles. The van der Waals surface area contributed by atoms with Crippen LogP contribution in [-0.4, -0.2) is 78.6 Å². The van der Waals surface area contributed by atoms with Crippen LogP contribution in [0.25, 0.3) is 10.6 Å². The third-order valence-electron chi connectivity index (χ3n) is 5.77. The molecule has 0 bridgehead atoms. The lowest BCUT2D eigenvalue weighted by molar-refractivity contribution is -0.117. The van der Waals surface area contributed by atoms with Gasteiger partial charge in [0.1, 0.15) is 10.0 Å². The van der Waals surface area contributed by atoms with Crippen molar-refractivity contribution < 1.29 is 14.3 Å². The van der Waals surface area contributed by atoms with E-state index >= 15 is 0 Å². The predicted molar refractivity (Wildman–Crippen MR) is 133 cm³/mol. The van der Waals surface area contributed by atoms with Gasteiger partial charge in [0, 0.05) is 55.7 Å². The standard InChI is InChI=1S/C25H29N5O3S/c1-29-10-12-30(13-11-29)16-23(32)26-21-14-19(8-9-20(21)17-33-2)22(31)15-24-27-28-25(34-24)18-6-4-3-5-7-18/h3-9,14H,10-13,15-17H2,1-2H3,(H,26,32). The lowest BCUT2D eigenvalue weighted by Crippen LogP contribution is -2.47. The molecule has 4 rings (SSSR count). The fourth-order valence-corrected chi connectivity index (χ4v) is 4.65. The van der Waals surface area contributed by atoms with Gasteiger partial charge in [0.05, 0.1) is 19.6 Å². The van der Waals surface area contributed by atoms with Crippen molar-refractivity contribution in [3.05, 3.63) is 64.7 Å². The number of carbonyl (C=O) groups excluding carboxylic acids is 2. The van der Waals surface area contributed by atoms with Crippen molar-refractivity contribution in [2.45, 2.75) is 13.0 Å². The summed E-state index contributed by atoms with van der Waals surface area (Å²) in [4.78, 5) is 30.1. The van der Waals surface area contributed by atoms with Gasteiger partial charge in [-0.3, -0.25) is 14.5 Å². The average molecular weight is 480 g/mol.